The first kappa shape index (κ1) is 23.0. The van der Waals surface area contributed by atoms with Gasteiger partial charge in [0.2, 0.25) is 0 Å². The molecule has 0 bridgehead atoms. The SMILES string of the molecule is CN(Cc1cn(-c2ccccc2)nc1-c1ccccc1)C(=O)c1cnc2c(c1)c(=O)n(C)c(=O)n2C. The lowest BCUT2D eigenvalue weighted by molar-refractivity contribution is 0.0785. The molecule has 0 unspecified atom stereocenters. The summed E-state index contributed by atoms with van der Waals surface area (Å²) in [6, 6.07) is 21.1. The summed E-state index contributed by atoms with van der Waals surface area (Å²) in [4.78, 5) is 44.0. The zero-order valence-electron chi connectivity index (χ0n) is 20.1. The molecular formula is C27H24N6O3. The monoisotopic (exact) mass is 480 g/mol. The summed E-state index contributed by atoms with van der Waals surface area (Å²) in [5, 5.41) is 5.01. The van der Waals surface area contributed by atoms with Gasteiger partial charge in [0.15, 0.2) is 0 Å². The smallest absolute Gasteiger partial charge is 0.332 e. The first-order chi connectivity index (χ1) is 17.3. The molecule has 5 rings (SSSR count). The van der Waals surface area contributed by atoms with Gasteiger partial charge < -0.3 is 4.90 Å². The van der Waals surface area contributed by atoms with Crippen LogP contribution in [-0.4, -0.2) is 41.8 Å². The number of carbonyl (C=O) groups excluding carboxylic acids is 1. The Kier molecular flexibility index (Phi) is 5.81. The molecule has 3 aromatic heterocycles. The molecule has 0 aliphatic heterocycles. The summed E-state index contributed by atoms with van der Waals surface area (Å²) in [5.41, 5.74) is 3.03. The van der Waals surface area contributed by atoms with Crippen LogP contribution in [0.1, 0.15) is 15.9 Å². The zero-order valence-corrected chi connectivity index (χ0v) is 20.1. The maximum Gasteiger partial charge on any atom is 0.332 e. The highest BCUT2D eigenvalue weighted by molar-refractivity contribution is 5.96. The highest BCUT2D eigenvalue weighted by Crippen LogP contribution is 2.25. The van der Waals surface area contributed by atoms with Crippen LogP contribution in [-0.2, 0) is 20.6 Å². The molecule has 180 valence electrons. The Morgan fingerprint density at radius 1 is 0.944 bits per heavy atom. The van der Waals surface area contributed by atoms with Crippen LogP contribution in [0.25, 0.3) is 28.0 Å². The van der Waals surface area contributed by atoms with E-state index in [1.54, 1.807) is 23.7 Å². The number of aromatic nitrogens is 5. The minimum absolute atomic E-state index is 0.209. The average molecular weight is 481 g/mol. The number of pyridine rings is 1. The van der Waals surface area contributed by atoms with Crippen LogP contribution >= 0.6 is 0 Å². The molecule has 1 amide bonds. The number of aryl methyl sites for hydroxylation is 1. The van der Waals surface area contributed by atoms with Crippen molar-refractivity contribution in [3.63, 3.8) is 0 Å². The van der Waals surface area contributed by atoms with E-state index in [2.05, 4.69) is 4.98 Å². The molecule has 0 saturated carbocycles. The molecule has 0 aliphatic rings. The number of hydrogen-bond donors (Lipinski definition) is 0. The van der Waals surface area contributed by atoms with Crippen LogP contribution in [0.3, 0.4) is 0 Å². The van der Waals surface area contributed by atoms with Gasteiger partial charge in [0.25, 0.3) is 11.5 Å². The average Bonchev–Trinajstić information content (AvgIpc) is 3.34. The molecule has 9 heteroatoms. The van der Waals surface area contributed by atoms with Crippen molar-refractivity contribution >= 4 is 16.9 Å². The Morgan fingerprint density at radius 2 is 1.61 bits per heavy atom. The Labute approximate surface area is 206 Å². The summed E-state index contributed by atoms with van der Waals surface area (Å²) in [6.45, 7) is 0.291. The van der Waals surface area contributed by atoms with Crippen LogP contribution in [0.4, 0.5) is 0 Å². The van der Waals surface area contributed by atoms with Crippen LogP contribution < -0.4 is 11.2 Å². The normalized spacial score (nSPS) is 11.1. The van der Waals surface area contributed by atoms with Crippen LogP contribution in [0.2, 0.25) is 0 Å². The molecule has 3 heterocycles. The molecule has 9 nitrogen and oxygen atoms in total. The van der Waals surface area contributed by atoms with E-state index in [0.29, 0.717) is 6.54 Å². The fourth-order valence-corrected chi connectivity index (χ4v) is 4.21. The van der Waals surface area contributed by atoms with Crippen molar-refractivity contribution in [3.8, 4) is 16.9 Å². The molecule has 0 fully saturated rings. The molecule has 0 N–H and O–H groups in total. The van der Waals surface area contributed by atoms with E-state index in [0.717, 1.165) is 27.1 Å². The van der Waals surface area contributed by atoms with Gasteiger partial charge in [-0.1, -0.05) is 48.5 Å². The number of para-hydroxylation sites is 1. The van der Waals surface area contributed by atoms with Gasteiger partial charge in [-0.2, -0.15) is 5.10 Å². The topological polar surface area (TPSA) is 95.0 Å². The van der Waals surface area contributed by atoms with Crippen molar-refractivity contribution < 1.29 is 4.79 Å². The van der Waals surface area contributed by atoms with Crippen molar-refractivity contribution in [3.05, 3.63) is 111 Å². The van der Waals surface area contributed by atoms with Crippen molar-refractivity contribution in [1.29, 1.82) is 0 Å². The lowest BCUT2D eigenvalue weighted by Crippen LogP contribution is -2.37. The van der Waals surface area contributed by atoms with Crippen molar-refractivity contribution in [2.24, 2.45) is 14.1 Å². The molecule has 0 atom stereocenters. The molecule has 5 aromatic rings. The Morgan fingerprint density at radius 3 is 2.31 bits per heavy atom. The molecule has 0 spiro atoms. The van der Waals surface area contributed by atoms with Gasteiger partial charge in [0.1, 0.15) is 5.65 Å². The predicted octanol–water partition coefficient (Wildman–Crippen LogP) is 2.76. The fraction of sp³-hybridized carbons (Fsp3) is 0.148. The molecular weight excluding hydrogens is 456 g/mol. The third-order valence-electron chi connectivity index (χ3n) is 6.15. The minimum atomic E-state index is -0.492. The van der Waals surface area contributed by atoms with Crippen LogP contribution in [0.15, 0.2) is 88.7 Å². The quantitative estimate of drug-likeness (QED) is 0.386. The predicted molar refractivity (Wildman–Crippen MR) is 137 cm³/mol. The number of amides is 1. The molecule has 2 aromatic carbocycles. The van der Waals surface area contributed by atoms with E-state index in [1.807, 2.05) is 66.9 Å². The van der Waals surface area contributed by atoms with Gasteiger partial charge in [-0.25, -0.2) is 14.5 Å². The second kappa shape index (κ2) is 9.10. The highest BCUT2D eigenvalue weighted by atomic mass is 16.2. The Hall–Kier alpha value is -4.79. The largest absolute Gasteiger partial charge is 0.337 e. The first-order valence-electron chi connectivity index (χ1n) is 11.4. The number of rotatable bonds is 5. The Balaban J connectivity index is 1.51. The van der Waals surface area contributed by atoms with E-state index >= 15 is 0 Å². The summed E-state index contributed by atoms with van der Waals surface area (Å²) >= 11 is 0. The third-order valence-corrected chi connectivity index (χ3v) is 6.15. The Bertz CT molecular complexity index is 1700. The van der Waals surface area contributed by atoms with Crippen molar-refractivity contribution in [2.75, 3.05) is 7.05 Å². The maximum atomic E-state index is 13.3. The van der Waals surface area contributed by atoms with Crippen LogP contribution in [0.5, 0.6) is 0 Å². The molecule has 0 radical (unpaired) electrons. The maximum absolute atomic E-state index is 13.3. The number of hydrogen-bond acceptors (Lipinski definition) is 5. The van der Waals surface area contributed by atoms with Gasteiger partial charge in [0, 0.05) is 51.2 Å². The van der Waals surface area contributed by atoms with Crippen molar-refractivity contribution in [1.82, 2.24) is 28.8 Å². The summed E-state index contributed by atoms with van der Waals surface area (Å²) in [7, 11) is 4.64. The third kappa shape index (κ3) is 4.00. The summed E-state index contributed by atoms with van der Waals surface area (Å²) in [6.07, 6.45) is 3.32. The standard InChI is InChI=1S/C27H24N6O3/c1-30(25(34)19-14-22-24(28-15-19)31(2)27(36)32(3)26(22)35)16-20-17-33(21-12-8-5-9-13-21)29-23(20)18-10-6-4-7-11-18/h4-15,17H,16H2,1-3H3. The van der Waals surface area contributed by atoms with Crippen molar-refractivity contribution in [2.45, 2.75) is 6.54 Å². The van der Waals surface area contributed by atoms with Gasteiger partial charge in [0.05, 0.1) is 22.3 Å². The minimum Gasteiger partial charge on any atom is -0.337 e. The first-order valence-corrected chi connectivity index (χ1v) is 11.4. The fourth-order valence-electron chi connectivity index (χ4n) is 4.21. The number of fused-ring (bicyclic) bond motifs is 1. The van der Waals surface area contributed by atoms with E-state index in [4.69, 9.17) is 5.10 Å². The van der Waals surface area contributed by atoms with E-state index in [-0.39, 0.29) is 22.5 Å². The zero-order chi connectivity index (χ0) is 25.4. The van der Waals surface area contributed by atoms with E-state index < -0.39 is 11.2 Å². The van der Waals surface area contributed by atoms with Gasteiger partial charge in [-0.05, 0) is 18.2 Å². The number of benzene rings is 2. The summed E-state index contributed by atoms with van der Waals surface area (Å²) < 4.78 is 4.10. The van der Waals surface area contributed by atoms with E-state index in [1.165, 1.54) is 23.9 Å². The second-order valence-electron chi connectivity index (χ2n) is 8.61. The summed E-state index contributed by atoms with van der Waals surface area (Å²) in [5.74, 6) is -0.299. The number of carbonyl (C=O) groups is 1. The highest BCUT2D eigenvalue weighted by Gasteiger charge is 2.20. The van der Waals surface area contributed by atoms with Gasteiger partial charge >= 0.3 is 5.69 Å². The van der Waals surface area contributed by atoms with Gasteiger partial charge in [-0.15, -0.1) is 0 Å². The van der Waals surface area contributed by atoms with Crippen LogP contribution in [0, 0.1) is 0 Å². The second-order valence-corrected chi connectivity index (χ2v) is 8.61. The molecule has 0 saturated heterocycles. The van der Waals surface area contributed by atoms with E-state index in [9.17, 15) is 14.4 Å². The molecule has 0 aliphatic carbocycles. The lowest BCUT2D eigenvalue weighted by atomic mass is 10.1. The number of nitrogens with zero attached hydrogens (tertiary/aromatic N) is 6. The van der Waals surface area contributed by atoms with Gasteiger partial charge in [-0.3, -0.25) is 18.7 Å². The lowest BCUT2D eigenvalue weighted by Gasteiger charge is -2.17. The molecule has 36 heavy (non-hydrogen) atoms.